The predicted octanol–water partition coefficient (Wildman–Crippen LogP) is 2.33. The predicted molar refractivity (Wildman–Crippen MR) is 60.0 cm³/mol. The Morgan fingerprint density at radius 3 is 3.20 bits per heavy atom. The summed E-state index contributed by atoms with van der Waals surface area (Å²) in [6, 6.07) is 6.42. The van der Waals surface area contributed by atoms with E-state index in [4.69, 9.17) is 0 Å². The van der Waals surface area contributed by atoms with Gasteiger partial charge in [0.2, 0.25) is 0 Å². The fraction of sp³-hybridized carbons (Fsp3) is 0.308. The van der Waals surface area contributed by atoms with Crippen molar-refractivity contribution < 1.29 is 4.79 Å². The number of nitrogens with zero attached hydrogens (tertiary/aromatic N) is 1. The van der Waals surface area contributed by atoms with E-state index in [1.54, 1.807) is 0 Å². The molecule has 0 fully saturated rings. The van der Waals surface area contributed by atoms with Crippen LogP contribution >= 0.6 is 0 Å². The fourth-order valence-electron chi connectivity index (χ4n) is 2.58. The molecular weight excluding hydrogens is 186 g/mol. The van der Waals surface area contributed by atoms with Crippen LogP contribution in [-0.4, -0.2) is 10.9 Å². The quantitative estimate of drug-likeness (QED) is 0.680. The third-order valence-corrected chi connectivity index (χ3v) is 3.21. The van der Waals surface area contributed by atoms with Crippen LogP contribution in [0.4, 0.5) is 0 Å². The van der Waals surface area contributed by atoms with Crippen molar-refractivity contribution in [2.75, 3.05) is 0 Å². The number of carbonyl (C=O) groups excluding carboxylic acids is 1. The van der Waals surface area contributed by atoms with Crippen molar-refractivity contribution in [3.05, 3.63) is 35.5 Å². The van der Waals surface area contributed by atoms with E-state index in [1.807, 2.05) is 0 Å². The number of aryl methyl sites for hydroxylation is 2. The highest BCUT2D eigenvalue weighted by atomic mass is 16.1. The number of aldehydes is 1. The minimum Gasteiger partial charge on any atom is -0.347 e. The molecule has 0 amide bonds. The van der Waals surface area contributed by atoms with Gasteiger partial charge in [0.15, 0.2) is 0 Å². The Morgan fingerprint density at radius 1 is 1.40 bits per heavy atom. The highest BCUT2D eigenvalue weighted by Crippen LogP contribution is 2.29. The molecule has 0 spiro atoms. The smallest absolute Gasteiger partial charge is 0.124 e. The summed E-state index contributed by atoms with van der Waals surface area (Å²) in [5, 5.41) is 1.26. The number of carbonyl (C=O) groups is 1. The Morgan fingerprint density at radius 2 is 2.33 bits per heavy atom. The van der Waals surface area contributed by atoms with E-state index < -0.39 is 0 Å². The Balaban J connectivity index is 2.33. The Bertz CT molecular complexity index is 525. The van der Waals surface area contributed by atoms with Gasteiger partial charge in [0, 0.05) is 24.5 Å². The van der Waals surface area contributed by atoms with Crippen molar-refractivity contribution in [1.29, 1.82) is 0 Å². The second kappa shape index (κ2) is 3.23. The number of para-hydroxylation sites is 1. The lowest BCUT2D eigenvalue weighted by Crippen LogP contribution is -2.05. The molecule has 1 aliphatic rings. The molecule has 76 valence electrons. The van der Waals surface area contributed by atoms with Crippen LogP contribution < -0.4 is 0 Å². The summed E-state index contributed by atoms with van der Waals surface area (Å²) in [5.41, 5.74) is 3.94. The molecule has 1 aromatic heterocycles. The first kappa shape index (κ1) is 8.72. The number of hydrogen-bond donors (Lipinski definition) is 0. The average molecular weight is 199 g/mol. The third kappa shape index (κ3) is 1.21. The zero-order valence-corrected chi connectivity index (χ0v) is 8.57. The summed E-state index contributed by atoms with van der Waals surface area (Å²) < 4.78 is 2.30. The first-order chi connectivity index (χ1) is 7.40. The van der Waals surface area contributed by atoms with Gasteiger partial charge in [-0.05, 0) is 24.0 Å². The third-order valence-electron chi connectivity index (χ3n) is 3.21. The first-order valence-electron chi connectivity index (χ1n) is 5.43. The Kier molecular flexibility index (Phi) is 1.88. The zero-order valence-electron chi connectivity index (χ0n) is 8.57. The minimum absolute atomic E-state index is 0.535. The van der Waals surface area contributed by atoms with E-state index in [0.717, 1.165) is 12.8 Å². The molecule has 0 bridgehead atoms. The van der Waals surface area contributed by atoms with Gasteiger partial charge < -0.3 is 9.36 Å². The van der Waals surface area contributed by atoms with Gasteiger partial charge in [-0.1, -0.05) is 18.2 Å². The maximum Gasteiger partial charge on any atom is 0.124 e. The molecule has 0 saturated heterocycles. The fourth-order valence-corrected chi connectivity index (χ4v) is 2.58. The van der Waals surface area contributed by atoms with Crippen LogP contribution in [0.5, 0.6) is 0 Å². The molecule has 2 heterocycles. The molecule has 2 nitrogen and oxygen atoms in total. The van der Waals surface area contributed by atoms with Crippen LogP contribution in [-0.2, 0) is 24.2 Å². The molecular formula is C13H13NO. The normalized spacial score (nSPS) is 14.4. The van der Waals surface area contributed by atoms with Gasteiger partial charge in [0.05, 0.1) is 5.52 Å². The van der Waals surface area contributed by atoms with Gasteiger partial charge in [-0.2, -0.15) is 0 Å². The number of hydrogen-bond acceptors (Lipinski definition) is 1. The lowest BCUT2D eigenvalue weighted by Gasteiger charge is -2.14. The summed E-state index contributed by atoms with van der Waals surface area (Å²) in [4.78, 5) is 10.6. The molecule has 0 N–H and O–H groups in total. The molecule has 0 atom stereocenters. The van der Waals surface area contributed by atoms with Gasteiger partial charge in [0.25, 0.3) is 0 Å². The second-order valence-corrected chi connectivity index (χ2v) is 4.14. The largest absolute Gasteiger partial charge is 0.347 e. The van der Waals surface area contributed by atoms with Crippen molar-refractivity contribution in [1.82, 2.24) is 4.57 Å². The summed E-state index contributed by atoms with van der Waals surface area (Å²) in [6.45, 7) is 1.09. The highest BCUT2D eigenvalue weighted by Gasteiger charge is 2.14. The van der Waals surface area contributed by atoms with Gasteiger partial charge in [-0.15, -0.1) is 0 Å². The molecule has 0 saturated carbocycles. The van der Waals surface area contributed by atoms with Gasteiger partial charge >= 0.3 is 0 Å². The molecule has 1 aromatic carbocycles. The van der Waals surface area contributed by atoms with Crippen molar-refractivity contribution in [3.63, 3.8) is 0 Å². The van der Waals surface area contributed by atoms with Gasteiger partial charge in [0.1, 0.15) is 6.29 Å². The topological polar surface area (TPSA) is 22.0 Å². The molecule has 0 unspecified atom stereocenters. The van der Waals surface area contributed by atoms with E-state index in [9.17, 15) is 4.79 Å². The SMILES string of the molecule is O=CCc1cn2c3c(cccc13)CCC2. The van der Waals surface area contributed by atoms with Crippen LogP contribution in [0, 0.1) is 0 Å². The van der Waals surface area contributed by atoms with Crippen LogP contribution in [0.2, 0.25) is 0 Å². The number of aromatic nitrogens is 1. The first-order valence-corrected chi connectivity index (χ1v) is 5.43. The molecule has 0 radical (unpaired) electrons. The maximum absolute atomic E-state index is 10.6. The van der Waals surface area contributed by atoms with Crippen LogP contribution in [0.25, 0.3) is 10.9 Å². The van der Waals surface area contributed by atoms with Crippen molar-refractivity contribution >= 4 is 17.2 Å². The lowest BCUT2D eigenvalue weighted by atomic mass is 10.0. The van der Waals surface area contributed by atoms with E-state index >= 15 is 0 Å². The van der Waals surface area contributed by atoms with Gasteiger partial charge in [-0.25, -0.2) is 0 Å². The molecule has 1 aliphatic heterocycles. The minimum atomic E-state index is 0.535. The summed E-state index contributed by atoms with van der Waals surface area (Å²) in [7, 11) is 0. The maximum atomic E-state index is 10.6. The Labute approximate surface area is 88.5 Å². The van der Waals surface area contributed by atoms with Crippen molar-refractivity contribution in [2.45, 2.75) is 25.8 Å². The zero-order chi connectivity index (χ0) is 10.3. The molecule has 2 heteroatoms. The molecule has 3 rings (SSSR count). The van der Waals surface area contributed by atoms with Crippen LogP contribution in [0.15, 0.2) is 24.4 Å². The monoisotopic (exact) mass is 199 g/mol. The lowest BCUT2D eigenvalue weighted by molar-refractivity contribution is -0.107. The summed E-state index contributed by atoms with van der Waals surface area (Å²) >= 11 is 0. The average Bonchev–Trinajstić information content (AvgIpc) is 2.61. The van der Waals surface area contributed by atoms with Gasteiger partial charge in [-0.3, -0.25) is 0 Å². The number of benzene rings is 1. The number of rotatable bonds is 2. The molecule has 15 heavy (non-hydrogen) atoms. The van der Waals surface area contributed by atoms with E-state index in [0.29, 0.717) is 6.42 Å². The van der Waals surface area contributed by atoms with Crippen LogP contribution in [0.1, 0.15) is 17.5 Å². The van der Waals surface area contributed by atoms with E-state index in [-0.39, 0.29) is 0 Å². The van der Waals surface area contributed by atoms with Crippen molar-refractivity contribution in [2.24, 2.45) is 0 Å². The van der Waals surface area contributed by atoms with E-state index in [1.165, 1.54) is 34.9 Å². The highest BCUT2D eigenvalue weighted by molar-refractivity contribution is 5.88. The summed E-state index contributed by atoms with van der Waals surface area (Å²) in [5.74, 6) is 0. The standard InChI is InChI=1S/C13H13NO/c15-8-6-11-9-14-7-2-4-10-3-1-5-12(11)13(10)14/h1,3,5,8-9H,2,4,6-7H2. The second-order valence-electron chi connectivity index (χ2n) is 4.14. The molecule has 0 aliphatic carbocycles. The van der Waals surface area contributed by atoms with Crippen LogP contribution in [0.3, 0.4) is 0 Å². The molecule has 2 aromatic rings. The van der Waals surface area contributed by atoms with E-state index in [2.05, 4.69) is 29.0 Å². The Hall–Kier alpha value is -1.57. The van der Waals surface area contributed by atoms with Crippen molar-refractivity contribution in [3.8, 4) is 0 Å². The summed E-state index contributed by atoms with van der Waals surface area (Å²) in [6.07, 6.45) is 6.04.